The highest BCUT2D eigenvalue weighted by molar-refractivity contribution is 5.77. The van der Waals surface area contributed by atoms with Crippen LogP contribution in [0.4, 0.5) is 13.2 Å². The first-order chi connectivity index (χ1) is 8.82. The molecule has 1 N–H and O–H groups in total. The molecule has 0 aromatic rings. The molecule has 0 amide bonds. The molecule has 3 atom stereocenters. The molecule has 0 saturated carbocycles. The van der Waals surface area contributed by atoms with Gasteiger partial charge in [-0.25, -0.2) is 4.79 Å². The van der Waals surface area contributed by atoms with E-state index in [2.05, 4.69) is 4.74 Å². The zero-order valence-corrected chi connectivity index (χ0v) is 10.4. The summed E-state index contributed by atoms with van der Waals surface area (Å²) in [6, 6.07) is -1.25. The first-order valence-corrected chi connectivity index (χ1v) is 6.21. The zero-order valence-electron chi connectivity index (χ0n) is 10.4. The van der Waals surface area contributed by atoms with E-state index in [0.29, 0.717) is 12.8 Å². The van der Waals surface area contributed by atoms with Crippen molar-refractivity contribution in [1.29, 1.82) is 0 Å². The normalized spacial score (nSPS) is 36.1. The molecule has 2 rings (SSSR count). The molecular weight excluding hydrogens is 267 g/mol. The summed E-state index contributed by atoms with van der Waals surface area (Å²) < 4.78 is 44.2. The van der Waals surface area contributed by atoms with Crippen LogP contribution in [0.5, 0.6) is 0 Å². The number of hydrogen-bond acceptors (Lipinski definition) is 5. The Labute approximate surface area is 108 Å². The predicted octanol–water partition coefficient (Wildman–Crippen LogP) is 1.01. The van der Waals surface area contributed by atoms with Crippen molar-refractivity contribution in [1.82, 2.24) is 5.06 Å². The average Bonchev–Trinajstić information content (AvgIpc) is 2.65. The summed E-state index contributed by atoms with van der Waals surface area (Å²) in [5.74, 6) is -1.18. The molecule has 110 valence electrons. The number of hydrogen-bond donors (Lipinski definition) is 1. The molecule has 0 aromatic carbocycles. The number of aliphatic hydroxyl groups is 1. The minimum Gasteiger partial charge on any atom is -0.464 e. The number of ether oxygens (including phenoxy) is 1. The van der Waals surface area contributed by atoms with Crippen LogP contribution in [0, 0.1) is 0 Å². The fourth-order valence-electron chi connectivity index (χ4n) is 2.64. The van der Waals surface area contributed by atoms with E-state index in [1.807, 2.05) is 0 Å². The predicted molar refractivity (Wildman–Crippen MR) is 56.9 cm³/mol. The van der Waals surface area contributed by atoms with Crippen LogP contribution < -0.4 is 0 Å². The number of halogens is 3. The van der Waals surface area contributed by atoms with Crippen molar-refractivity contribution in [3.05, 3.63) is 0 Å². The van der Waals surface area contributed by atoms with Crippen LogP contribution in [0.2, 0.25) is 0 Å². The molecule has 2 fully saturated rings. The standard InChI is InChI=1S/C11H16F3NO4/c1-2-18-9(16)8-10(17,11(12,13)14)7-5-3-4-6-15(7)19-8/h7-8,17H,2-6H2,1H3/t7-,8-,10+/m1/s1. The monoisotopic (exact) mass is 283 g/mol. The second-order valence-electron chi connectivity index (χ2n) is 4.71. The summed E-state index contributed by atoms with van der Waals surface area (Å²) in [7, 11) is 0. The van der Waals surface area contributed by atoms with Gasteiger partial charge in [0.25, 0.3) is 0 Å². The molecule has 5 nitrogen and oxygen atoms in total. The van der Waals surface area contributed by atoms with Crippen LogP contribution >= 0.6 is 0 Å². The van der Waals surface area contributed by atoms with Gasteiger partial charge >= 0.3 is 12.1 Å². The number of carbonyl (C=O) groups is 1. The molecular formula is C11H16F3NO4. The summed E-state index contributed by atoms with van der Waals surface area (Å²) in [5, 5.41) is 11.2. The molecule has 2 saturated heterocycles. The van der Waals surface area contributed by atoms with Gasteiger partial charge in [0.2, 0.25) is 11.7 Å². The lowest BCUT2D eigenvalue weighted by atomic mass is 9.84. The van der Waals surface area contributed by atoms with Crippen molar-refractivity contribution in [3.8, 4) is 0 Å². The minimum atomic E-state index is -4.96. The number of esters is 1. The van der Waals surface area contributed by atoms with Gasteiger partial charge in [-0.2, -0.15) is 18.2 Å². The Hall–Kier alpha value is -0.860. The molecule has 0 aromatic heterocycles. The van der Waals surface area contributed by atoms with Crippen LogP contribution in [0.3, 0.4) is 0 Å². The highest BCUT2D eigenvalue weighted by Crippen LogP contribution is 2.47. The maximum absolute atomic E-state index is 13.2. The number of fused-ring (bicyclic) bond motifs is 1. The van der Waals surface area contributed by atoms with Gasteiger partial charge in [0, 0.05) is 6.54 Å². The van der Waals surface area contributed by atoms with E-state index < -0.39 is 29.9 Å². The van der Waals surface area contributed by atoms with E-state index in [4.69, 9.17) is 4.84 Å². The Morgan fingerprint density at radius 2 is 2.21 bits per heavy atom. The van der Waals surface area contributed by atoms with Gasteiger partial charge in [0.1, 0.15) is 0 Å². The number of alkyl halides is 3. The second-order valence-corrected chi connectivity index (χ2v) is 4.71. The third-order valence-electron chi connectivity index (χ3n) is 3.56. The SMILES string of the molecule is CCOC(=O)[C@H]1ON2CCCC[C@@H]2[C@@]1(O)C(F)(F)F. The molecule has 0 radical (unpaired) electrons. The lowest BCUT2D eigenvalue weighted by Crippen LogP contribution is -2.62. The molecule has 2 aliphatic rings. The number of piperidine rings is 1. The zero-order chi connectivity index (χ0) is 14.3. The van der Waals surface area contributed by atoms with E-state index in [1.165, 1.54) is 6.92 Å². The highest BCUT2D eigenvalue weighted by Gasteiger charge is 2.72. The van der Waals surface area contributed by atoms with Gasteiger partial charge in [-0.05, 0) is 19.8 Å². The Morgan fingerprint density at radius 1 is 1.53 bits per heavy atom. The number of nitrogens with zero attached hydrogens (tertiary/aromatic N) is 1. The summed E-state index contributed by atoms with van der Waals surface area (Å²) in [6.45, 7) is 1.67. The molecule has 0 bridgehead atoms. The van der Waals surface area contributed by atoms with Crippen molar-refractivity contribution < 1.29 is 32.6 Å². The third-order valence-corrected chi connectivity index (χ3v) is 3.56. The molecule has 19 heavy (non-hydrogen) atoms. The number of hydroxylamine groups is 2. The Morgan fingerprint density at radius 3 is 2.79 bits per heavy atom. The molecule has 2 aliphatic heterocycles. The summed E-state index contributed by atoms with van der Waals surface area (Å²) >= 11 is 0. The first kappa shape index (κ1) is 14.5. The molecule has 0 aliphatic carbocycles. The summed E-state index contributed by atoms with van der Waals surface area (Å²) in [5.41, 5.74) is -3.21. The third kappa shape index (κ3) is 2.21. The van der Waals surface area contributed by atoms with E-state index in [9.17, 15) is 23.1 Å². The lowest BCUT2D eigenvalue weighted by Gasteiger charge is -2.36. The van der Waals surface area contributed by atoms with Crippen molar-refractivity contribution in [2.75, 3.05) is 13.2 Å². The Bertz CT molecular complexity index is 362. The second kappa shape index (κ2) is 4.92. The van der Waals surface area contributed by atoms with Crippen molar-refractivity contribution in [2.45, 2.75) is 50.1 Å². The lowest BCUT2D eigenvalue weighted by molar-refractivity contribution is -0.278. The highest BCUT2D eigenvalue weighted by atomic mass is 19.4. The fourth-order valence-corrected chi connectivity index (χ4v) is 2.64. The van der Waals surface area contributed by atoms with E-state index >= 15 is 0 Å². The van der Waals surface area contributed by atoms with Crippen LogP contribution in [0.1, 0.15) is 26.2 Å². The van der Waals surface area contributed by atoms with E-state index in [-0.39, 0.29) is 19.6 Å². The Kier molecular flexibility index (Phi) is 3.76. The quantitative estimate of drug-likeness (QED) is 0.767. The van der Waals surface area contributed by atoms with Crippen molar-refractivity contribution in [3.63, 3.8) is 0 Å². The largest absolute Gasteiger partial charge is 0.464 e. The molecule has 0 spiro atoms. The average molecular weight is 283 g/mol. The molecule has 2 heterocycles. The van der Waals surface area contributed by atoms with Crippen LogP contribution in [0.25, 0.3) is 0 Å². The van der Waals surface area contributed by atoms with Crippen LogP contribution in [-0.4, -0.2) is 53.2 Å². The number of rotatable bonds is 2. The smallest absolute Gasteiger partial charge is 0.422 e. The van der Waals surface area contributed by atoms with Crippen LogP contribution in [-0.2, 0) is 14.4 Å². The summed E-state index contributed by atoms with van der Waals surface area (Å²) in [6.07, 6.45) is -5.65. The van der Waals surface area contributed by atoms with Gasteiger partial charge in [-0.1, -0.05) is 6.42 Å². The van der Waals surface area contributed by atoms with Gasteiger partial charge in [-0.3, -0.25) is 4.84 Å². The maximum Gasteiger partial charge on any atom is 0.422 e. The van der Waals surface area contributed by atoms with Crippen molar-refractivity contribution in [2.24, 2.45) is 0 Å². The molecule has 8 heteroatoms. The van der Waals surface area contributed by atoms with Gasteiger partial charge in [-0.15, -0.1) is 0 Å². The van der Waals surface area contributed by atoms with E-state index in [1.54, 1.807) is 0 Å². The van der Waals surface area contributed by atoms with Crippen LogP contribution in [0.15, 0.2) is 0 Å². The Balaban J connectivity index is 2.33. The minimum absolute atomic E-state index is 0.0721. The first-order valence-electron chi connectivity index (χ1n) is 6.21. The van der Waals surface area contributed by atoms with Gasteiger partial charge in [0.15, 0.2) is 0 Å². The maximum atomic E-state index is 13.2. The topological polar surface area (TPSA) is 59.0 Å². The van der Waals surface area contributed by atoms with Crippen molar-refractivity contribution >= 4 is 5.97 Å². The van der Waals surface area contributed by atoms with Gasteiger partial charge in [0.05, 0.1) is 12.6 Å². The molecule has 0 unspecified atom stereocenters. The van der Waals surface area contributed by atoms with Gasteiger partial charge < -0.3 is 9.84 Å². The van der Waals surface area contributed by atoms with E-state index in [0.717, 1.165) is 5.06 Å². The number of carbonyl (C=O) groups excluding carboxylic acids is 1. The fraction of sp³-hybridized carbons (Fsp3) is 0.909. The summed E-state index contributed by atoms with van der Waals surface area (Å²) in [4.78, 5) is 16.6.